The zero-order valence-corrected chi connectivity index (χ0v) is 22.4. The molecule has 0 aliphatic carbocycles. The molecule has 9 heteroatoms. The highest BCUT2D eigenvalue weighted by Crippen LogP contribution is 2.40. The molecule has 3 aromatic rings. The number of hydrogen-bond acceptors (Lipinski definition) is 7. The maximum Gasteiger partial charge on any atom is 0.319 e. The molecule has 0 radical (unpaired) electrons. The van der Waals surface area contributed by atoms with Gasteiger partial charge < -0.3 is 28.7 Å². The molecule has 9 nitrogen and oxygen atoms in total. The Morgan fingerprint density at radius 3 is 2.76 bits per heavy atom. The van der Waals surface area contributed by atoms with Crippen molar-refractivity contribution >= 4 is 22.8 Å². The van der Waals surface area contributed by atoms with Crippen LogP contribution >= 0.6 is 0 Å². The number of piperazine rings is 1. The van der Waals surface area contributed by atoms with Gasteiger partial charge in [0.15, 0.2) is 5.82 Å². The summed E-state index contributed by atoms with van der Waals surface area (Å²) in [4.78, 5) is 28.4. The van der Waals surface area contributed by atoms with Crippen molar-refractivity contribution in [2.75, 3.05) is 57.9 Å². The Morgan fingerprint density at radius 2 is 2.00 bits per heavy atom. The first kappa shape index (κ1) is 24.7. The van der Waals surface area contributed by atoms with Crippen LogP contribution in [0.4, 0.5) is 5.82 Å². The van der Waals surface area contributed by atoms with Crippen molar-refractivity contribution < 1.29 is 14.3 Å². The number of carbonyl (C=O) groups excluding carboxylic acids is 1. The van der Waals surface area contributed by atoms with Crippen molar-refractivity contribution in [2.24, 2.45) is 7.05 Å². The maximum absolute atomic E-state index is 12.2. The van der Waals surface area contributed by atoms with Crippen molar-refractivity contribution in [3.63, 3.8) is 0 Å². The number of amides is 1. The summed E-state index contributed by atoms with van der Waals surface area (Å²) in [6.45, 7) is 8.65. The van der Waals surface area contributed by atoms with Crippen molar-refractivity contribution in [2.45, 2.75) is 31.7 Å². The third-order valence-corrected chi connectivity index (χ3v) is 8.19. The molecule has 5 heterocycles. The van der Waals surface area contributed by atoms with Crippen LogP contribution in [0.15, 0.2) is 36.9 Å². The lowest BCUT2D eigenvalue weighted by molar-refractivity contribution is -0.126. The van der Waals surface area contributed by atoms with E-state index in [4.69, 9.17) is 19.4 Å². The number of likely N-dealkylation sites (tertiary alicyclic amines) is 1. The van der Waals surface area contributed by atoms with Crippen LogP contribution < -0.4 is 14.4 Å². The topological polar surface area (TPSA) is 76.0 Å². The SMILES string of the molecule is C=CC(=O)N1CCN(c2nc(OC[C@@H]3CCCN3C)nc3cc(-c4cccc5c4OCCC5)n(C)c23)CC1. The van der Waals surface area contributed by atoms with E-state index in [2.05, 4.69) is 59.3 Å². The zero-order valence-electron chi connectivity index (χ0n) is 22.4. The number of benzene rings is 1. The summed E-state index contributed by atoms with van der Waals surface area (Å²) in [6.07, 6.45) is 5.77. The molecule has 6 rings (SSSR count). The molecular weight excluding hydrogens is 480 g/mol. The molecule has 1 atom stereocenters. The van der Waals surface area contributed by atoms with Gasteiger partial charge in [-0.25, -0.2) is 0 Å². The van der Waals surface area contributed by atoms with Crippen LogP contribution in [0.1, 0.15) is 24.8 Å². The minimum absolute atomic E-state index is 0.0304. The number of fused-ring (bicyclic) bond motifs is 2. The minimum atomic E-state index is -0.0304. The minimum Gasteiger partial charge on any atom is -0.493 e. The fourth-order valence-electron chi connectivity index (χ4n) is 5.97. The number of nitrogens with zero attached hydrogens (tertiary/aromatic N) is 6. The Kier molecular flexibility index (Phi) is 6.69. The number of rotatable bonds is 6. The maximum atomic E-state index is 12.2. The Morgan fingerprint density at radius 1 is 1.16 bits per heavy atom. The molecule has 0 unspecified atom stereocenters. The van der Waals surface area contributed by atoms with E-state index in [9.17, 15) is 4.79 Å². The first-order chi connectivity index (χ1) is 18.5. The lowest BCUT2D eigenvalue weighted by Gasteiger charge is -2.35. The number of aromatic nitrogens is 3. The fraction of sp³-hybridized carbons (Fsp3) is 0.483. The quantitative estimate of drug-likeness (QED) is 0.466. The van der Waals surface area contributed by atoms with Gasteiger partial charge in [0.2, 0.25) is 5.91 Å². The van der Waals surface area contributed by atoms with Crippen molar-refractivity contribution in [1.82, 2.24) is 24.3 Å². The molecule has 1 amide bonds. The van der Waals surface area contributed by atoms with Crippen LogP contribution in [0.5, 0.6) is 11.8 Å². The van der Waals surface area contributed by atoms with Crippen molar-refractivity contribution in [3.8, 4) is 23.0 Å². The molecule has 2 saturated heterocycles. The first-order valence-corrected chi connectivity index (χ1v) is 13.7. The van der Waals surface area contributed by atoms with E-state index < -0.39 is 0 Å². The lowest BCUT2D eigenvalue weighted by atomic mass is 10.0. The molecule has 38 heavy (non-hydrogen) atoms. The smallest absolute Gasteiger partial charge is 0.319 e. The van der Waals surface area contributed by atoms with Gasteiger partial charge in [0, 0.05) is 44.8 Å². The van der Waals surface area contributed by atoms with Gasteiger partial charge in [0.25, 0.3) is 0 Å². The highest BCUT2D eigenvalue weighted by molar-refractivity contribution is 5.93. The molecule has 3 aliphatic heterocycles. The summed E-state index contributed by atoms with van der Waals surface area (Å²) in [5, 5.41) is 0. The Bertz CT molecular complexity index is 1360. The summed E-state index contributed by atoms with van der Waals surface area (Å²) in [6, 6.07) is 9.29. The van der Waals surface area contributed by atoms with Crippen LogP contribution in [0.25, 0.3) is 22.3 Å². The summed E-state index contributed by atoms with van der Waals surface area (Å²) in [5.74, 6) is 1.78. The third-order valence-electron chi connectivity index (χ3n) is 8.19. The first-order valence-electron chi connectivity index (χ1n) is 13.7. The molecule has 0 spiro atoms. The zero-order chi connectivity index (χ0) is 26.2. The largest absolute Gasteiger partial charge is 0.493 e. The predicted molar refractivity (Wildman–Crippen MR) is 148 cm³/mol. The molecule has 0 saturated carbocycles. The fourth-order valence-corrected chi connectivity index (χ4v) is 5.97. The number of carbonyl (C=O) groups is 1. The van der Waals surface area contributed by atoms with E-state index in [-0.39, 0.29) is 5.91 Å². The molecule has 1 aromatic carbocycles. The van der Waals surface area contributed by atoms with E-state index in [0.717, 1.165) is 66.3 Å². The number of likely N-dealkylation sites (N-methyl/N-ethyl adjacent to an activating group) is 1. The van der Waals surface area contributed by atoms with Crippen LogP contribution in [-0.4, -0.2) is 89.3 Å². The standard InChI is InChI=1S/C29H36N6O3/c1-4-25(36)34-13-15-35(16-14-34)28-26-23(30-29(31-28)38-19-21-10-6-12-32(21)2)18-24(33(26)3)22-11-5-8-20-9-7-17-37-27(20)22/h4-5,8,11,18,21H,1,6-7,9-10,12-17,19H2,2-3H3/t21-/m0/s1. The molecule has 3 aliphatic rings. The van der Waals surface area contributed by atoms with Gasteiger partial charge >= 0.3 is 6.01 Å². The second-order valence-corrected chi connectivity index (χ2v) is 10.5. The lowest BCUT2D eigenvalue weighted by Crippen LogP contribution is -2.48. The summed E-state index contributed by atoms with van der Waals surface area (Å²) in [7, 11) is 4.21. The summed E-state index contributed by atoms with van der Waals surface area (Å²) in [5.41, 5.74) is 5.17. The van der Waals surface area contributed by atoms with Gasteiger partial charge in [-0.05, 0) is 63.0 Å². The van der Waals surface area contributed by atoms with Gasteiger partial charge in [-0.1, -0.05) is 18.7 Å². The Hall–Kier alpha value is -3.59. The molecule has 200 valence electrons. The predicted octanol–water partition coefficient (Wildman–Crippen LogP) is 3.27. The number of ether oxygens (including phenoxy) is 2. The Balaban J connectivity index is 1.39. The number of anilines is 1. The molecule has 0 bridgehead atoms. The molecule has 2 aromatic heterocycles. The van der Waals surface area contributed by atoms with Gasteiger partial charge in [0.1, 0.15) is 17.9 Å². The molecule has 0 N–H and O–H groups in total. The van der Waals surface area contributed by atoms with Gasteiger partial charge in [0.05, 0.1) is 17.8 Å². The van der Waals surface area contributed by atoms with E-state index in [0.29, 0.717) is 44.8 Å². The van der Waals surface area contributed by atoms with Gasteiger partial charge in [-0.3, -0.25) is 4.79 Å². The molecular formula is C29H36N6O3. The highest BCUT2D eigenvalue weighted by atomic mass is 16.5. The van der Waals surface area contributed by atoms with Crippen LogP contribution in [0, 0.1) is 0 Å². The number of hydrogen-bond donors (Lipinski definition) is 0. The van der Waals surface area contributed by atoms with Crippen molar-refractivity contribution in [3.05, 3.63) is 42.5 Å². The van der Waals surface area contributed by atoms with Crippen LogP contribution in [0.2, 0.25) is 0 Å². The average Bonchev–Trinajstić information content (AvgIpc) is 3.52. The van der Waals surface area contributed by atoms with E-state index in [1.165, 1.54) is 18.1 Å². The number of para-hydroxylation sites is 1. The third kappa shape index (κ3) is 4.49. The van der Waals surface area contributed by atoms with Crippen molar-refractivity contribution in [1.29, 1.82) is 0 Å². The van der Waals surface area contributed by atoms with Gasteiger partial charge in [-0.2, -0.15) is 9.97 Å². The summed E-state index contributed by atoms with van der Waals surface area (Å²) >= 11 is 0. The second kappa shape index (κ2) is 10.3. The van der Waals surface area contributed by atoms with E-state index >= 15 is 0 Å². The van der Waals surface area contributed by atoms with E-state index in [1.54, 1.807) is 0 Å². The van der Waals surface area contributed by atoms with Gasteiger partial charge in [-0.15, -0.1) is 0 Å². The van der Waals surface area contributed by atoms with Crippen LogP contribution in [-0.2, 0) is 18.3 Å². The molecule has 2 fully saturated rings. The normalized spacial score (nSPS) is 19.9. The average molecular weight is 517 g/mol. The van der Waals surface area contributed by atoms with E-state index in [1.807, 2.05) is 4.90 Å². The highest BCUT2D eigenvalue weighted by Gasteiger charge is 2.27. The number of aryl methyl sites for hydroxylation is 2. The second-order valence-electron chi connectivity index (χ2n) is 10.5. The van der Waals surface area contributed by atoms with Crippen LogP contribution in [0.3, 0.4) is 0 Å². The monoisotopic (exact) mass is 516 g/mol. The Labute approximate surface area is 223 Å². The summed E-state index contributed by atoms with van der Waals surface area (Å²) < 4.78 is 14.5.